The molecular weight excluding hydrogens is 224 g/mol. The molecule has 5 heteroatoms. The minimum absolute atomic E-state index is 0.0840. The lowest BCUT2D eigenvalue weighted by Crippen LogP contribution is -2.47. The predicted molar refractivity (Wildman–Crippen MR) is 66.7 cm³/mol. The first-order valence-electron chi connectivity index (χ1n) is 5.86. The fraction of sp³-hybridized carbons (Fsp3) is 0.909. The summed E-state index contributed by atoms with van der Waals surface area (Å²) in [5, 5.41) is 5.57. The SMILES string of the molecule is CC(C)CNC(=O)C(C)S(=O)CC1CNC1. The molecule has 1 amide bonds. The van der Waals surface area contributed by atoms with Crippen LogP contribution in [-0.2, 0) is 15.6 Å². The van der Waals surface area contributed by atoms with Gasteiger partial charge in [0, 0.05) is 36.2 Å². The van der Waals surface area contributed by atoms with Crippen LogP contribution in [0.3, 0.4) is 0 Å². The summed E-state index contributed by atoms with van der Waals surface area (Å²) in [6, 6.07) is 0. The Kier molecular flexibility index (Phi) is 5.41. The Bertz CT molecular complexity index is 265. The highest BCUT2D eigenvalue weighted by Crippen LogP contribution is 2.08. The van der Waals surface area contributed by atoms with Gasteiger partial charge in [-0.2, -0.15) is 0 Å². The van der Waals surface area contributed by atoms with E-state index in [1.54, 1.807) is 6.92 Å². The van der Waals surface area contributed by atoms with Crippen LogP contribution in [0.2, 0.25) is 0 Å². The Morgan fingerprint density at radius 1 is 1.44 bits per heavy atom. The van der Waals surface area contributed by atoms with Crippen LogP contribution in [0.4, 0.5) is 0 Å². The molecule has 1 heterocycles. The summed E-state index contributed by atoms with van der Waals surface area (Å²) < 4.78 is 11.9. The topological polar surface area (TPSA) is 58.2 Å². The van der Waals surface area contributed by atoms with Crippen molar-refractivity contribution in [3.8, 4) is 0 Å². The van der Waals surface area contributed by atoms with Gasteiger partial charge in [-0.3, -0.25) is 9.00 Å². The zero-order valence-electron chi connectivity index (χ0n) is 10.3. The van der Waals surface area contributed by atoms with Crippen molar-refractivity contribution < 1.29 is 9.00 Å². The Morgan fingerprint density at radius 2 is 2.06 bits per heavy atom. The summed E-state index contributed by atoms with van der Waals surface area (Å²) in [6.45, 7) is 8.37. The van der Waals surface area contributed by atoms with E-state index >= 15 is 0 Å². The van der Waals surface area contributed by atoms with E-state index in [1.165, 1.54) is 0 Å². The molecule has 0 aliphatic carbocycles. The Morgan fingerprint density at radius 3 is 2.50 bits per heavy atom. The van der Waals surface area contributed by atoms with E-state index in [-0.39, 0.29) is 11.2 Å². The standard InChI is InChI=1S/C11H22N2O2S/c1-8(2)4-13-11(14)9(3)16(15)7-10-5-12-6-10/h8-10,12H,4-7H2,1-3H3,(H,13,14). The summed E-state index contributed by atoms with van der Waals surface area (Å²) in [7, 11) is -1.04. The third-order valence-electron chi connectivity index (χ3n) is 2.71. The van der Waals surface area contributed by atoms with Gasteiger partial charge < -0.3 is 10.6 Å². The molecule has 0 radical (unpaired) electrons. The molecule has 0 aromatic carbocycles. The number of nitrogens with one attached hydrogen (secondary N) is 2. The predicted octanol–water partition coefficient (Wildman–Crippen LogP) is 0.115. The van der Waals surface area contributed by atoms with Crippen LogP contribution in [-0.4, -0.2) is 40.8 Å². The van der Waals surface area contributed by atoms with Crippen molar-refractivity contribution in [1.82, 2.24) is 10.6 Å². The van der Waals surface area contributed by atoms with Gasteiger partial charge in [-0.25, -0.2) is 0 Å². The second-order valence-electron chi connectivity index (χ2n) is 4.85. The molecule has 2 N–H and O–H groups in total. The lowest BCUT2D eigenvalue weighted by atomic mass is 10.1. The third kappa shape index (κ3) is 4.22. The van der Waals surface area contributed by atoms with Crippen LogP contribution in [0, 0.1) is 11.8 Å². The van der Waals surface area contributed by atoms with Crippen molar-refractivity contribution in [1.29, 1.82) is 0 Å². The van der Waals surface area contributed by atoms with Gasteiger partial charge >= 0.3 is 0 Å². The molecule has 1 fully saturated rings. The van der Waals surface area contributed by atoms with Gasteiger partial charge in [-0.15, -0.1) is 0 Å². The Labute approximate surface area is 100 Å². The van der Waals surface area contributed by atoms with Crippen molar-refractivity contribution in [3.05, 3.63) is 0 Å². The van der Waals surface area contributed by atoms with E-state index in [4.69, 9.17) is 0 Å². The number of carbonyl (C=O) groups excluding carboxylic acids is 1. The fourth-order valence-electron chi connectivity index (χ4n) is 1.41. The monoisotopic (exact) mass is 246 g/mol. The maximum atomic E-state index is 11.9. The van der Waals surface area contributed by atoms with Gasteiger partial charge in [-0.1, -0.05) is 13.8 Å². The Hall–Kier alpha value is -0.420. The highest BCUT2D eigenvalue weighted by molar-refractivity contribution is 7.86. The van der Waals surface area contributed by atoms with Gasteiger partial charge in [0.25, 0.3) is 0 Å². The molecule has 0 saturated carbocycles. The van der Waals surface area contributed by atoms with Crippen molar-refractivity contribution in [3.63, 3.8) is 0 Å². The zero-order chi connectivity index (χ0) is 12.1. The van der Waals surface area contributed by atoms with E-state index in [9.17, 15) is 9.00 Å². The maximum Gasteiger partial charge on any atom is 0.235 e. The quantitative estimate of drug-likeness (QED) is 0.699. The maximum absolute atomic E-state index is 11.9. The van der Waals surface area contributed by atoms with E-state index in [2.05, 4.69) is 10.6 Å². The second-order valence-corrected chi connectivity index (χ2v) is 6.65. The van der Waals surface area contributed by atoms with Gasteiger partial charge in [0.2, 0.25) is 5.91 Å². The van der Waals surface area contributed by atoms with Crippen molar-refractivity contribution in [2.75, 3.05) is 25.4 Å². The molecule has 2 unspecified atom stereocenters. The van der Waals surface area contributed by atoms with Gasteiger partial charge in [0.05, 0.1) is 0 Å². The fourth-order valence-corrected chi connectivity index (χ4v) is 2.72. The van der Waals surface area contributed by atoms with Crippen LogP contribution >= 0.6 is 0 Å². The number of amides is 1. The molecule has 1 aliphatic rings. The summed E-state index contributed by atoms with van der Waals surface area (Å²) >= 11 is 0. The van der Waals surface area contributed by atoms with Gasteiger partial charge in [0.15, 0.2) is 0 Å². The average Bonchev–Trinajstić information content (AvgIpc) is 2.18. The molecule has 94 valence electrons. The normalized spacial score (nSPS) is 20.2. The van der Waals surface area contributed by atoms with Crippen molar-refractivity contribution in [2.24, 2.45) is 11.8 Å². The molecule has 2 atom stereocenters. The first-order valence-corrected chi connectivity index (χ1v) is 7.24. The highest BCUT2D eigenvalue weighted by atomic mass is 32.2. The molecule has 0 spiro atoms. The molecule has 4 nitrogen and oxygen atoms in total. The van der Waals surface area contributed by atoms with Crippen LogP contribution in [0.5, 0.6) is 0 Å². The van der Waals surface area contributed by atoms with E-state index in [0.29, 0.717) is 24.1 Å². The van der Waals surface area contributed by atoms with Gasteiger partial charge in [-0.05, 0) is 18.8 Å². The molecular formula is C11H22N2O2S. The number of hydrogen-bond donors (Lipinski definition) is 2. The first kappa shape index (κ1) is 13.6. The molecule has 1 aliphatic heterocycles. The minimum Gasteiger partial charge on any atom is -0.355 e. The summed E-state index contributed by atoms with van der Waals surface area (Å²) in [4.78, 5) is 11.7. The molecule has 0 aromatic rings. The van der Waals surface area contributed by atoms with Crippen LogP contribution in [0.25, 0.3) is 0 Å². The lowest BCUT2D eigenvalue weighted by molar-refractivity contribution is -0.120. The smallest absolute Gasteiger partial charge is 0.235 e. The molecule has 0 aromatic heterocycles. The summed E-state index contributed by atoms with van der Waals surface area (Å²) in [6.07, 6.45) is 0. The largest absolute Gasteiger partial charge is 0.355 e. The second kappa shape index (κ2) is 6.35. The third-order valence-corrected chi connectivity index (χ3v) is 4.52. The number of rotatable bonds is 6. The molecule has 1 rings (SSSR count). The first-order chi connectivity index (χ1) is 7.50. The number of hydrogen-bond acceptors (Lipinski definition) is 3. The van der Waals surface area contributed by atoms with Crippen molar-refractivity contribution >= 4 is 16.7 Å². The van der Waals surface area contributed by atoms with Crippen LogP contribution in [0.15, 0.2) is 0 Å². The van der Waals surface area contributed by atoms with Gasteiger partial charge in [0.1, 0.15) is 5.25 Å². The molecule has 0 bridgehead atoms. The average molecular weight is 246 g/mol. The van der Waals surface area contributed by atoms with E-state index in [1.807, 2.05) is 13.8 Å². The van der Waals surface area contributed by atoms with Crippen molar-refractivity contribution in [2.45, 2.75) is 26.0 Å². The zero-order valence-corrected chi connectivity index (χ0v) is 11.1. The summed E-state index contributed by atoms with van der Waals surface area (Å²) in [5.74, 6) is 1.48. The van der Waals surface area contributed by atoms with E-state index < -0.39 is 10.8 Å². The van der Waals surface area contributed by atoms with Crippen LogP contribution in [0.1, 0.15) is 20.8 Å². The highest BCUT2D eigenvalue weighted by Gasteiger charge is 2.25. The van der Waals surface area contributed by atoms with E-state index in [0.717, 1.165) is 13.1 Å². The molecule has 1 saturated heterocycles. The lowest BCUT2D eigenvalue weighted by Gasteiger charge is -2.27. The molecule has 16 heavy (non-hydrogen) atoms. The summed E-state index contributed by atoms with van der Waals surface area (Å²) in [5.41, 5.74) is 0. The Balaban J connectivity index is 2.27. The minimum atomic E-state index is -1.04. The number of carbonyl (C=O) groups is 1. The van der Waals surface area contributed by atoms with Crippen LogP contribution < -0.4 is 10.6 Å².